The lowest BCUT2D eigenvalue weighted by atomic mass is 9.71. The molecule has 33 heavy (non-hydrogen) atoms. The number of nitrogens with one attached hydrogen (secondary N) is 1. The van der Waals surface area contributed by atoms with Gasteiger partial charge in [-0.3, -0.25) is 4.79 Å². The number of aliphatic carboxylic acids is 1. The second kappa shape index (κ2) is 12.0. The van der Waals surface area contributed by atoms with Gasteiger partial charge in [0.05, 0.1) is 17.8 Å². The van der Waals surface area contributed by atoms with Crippen LogP contribution in [0.15, 0.2) is 30.3 Å². The molecule has 1 unspecified atom stereocenters. The molecule has 1 aromatic carbocycles. The largest absolute Gasteiger partial charge is 0.510 e. The molecule has 12 heteroatoms. The summed E-state index contributed by atoms with van der Waals surface area (Å²) in [6, 6.07) is 8.17. The Bertz CT molecular complexity index is 916. The number of ether oxygens (including phenoxy) is 2. The quantitative estimate of drug-likeness (QED) is 0.160. The number of hydrogen-bond donors (Lipinski definition) is 3. The van der Waals surface area contributed by atoms with E-state index < -0.39 is 51.7 Å². The summed E-state index contributed by atoms with van der Waals surface area (Å²) in [7, 11) is -4.37. The van der Waals surface area contributed by atoms with E-state index in [0.29, 0.717) is 5.56 Å². The minimum Gasteiger partial charge on any atom is -0.479 e. The lowest BCUT2D eigenvalue weighted by Crippen LogP contribution is -2.60. The van der Waals surface area contributed by atoms with Crippen molar-refractivity contribution < 1.29 is 46.7 Å². The smallest absolute Gasteiger partial charge is 0.479 e. The minimum absolute atomic E-state index is 0.0122. The lowest BCUT2D eigenvalue weighted by molar-refractivity contribution is -0.212. The molecule has 186 valence electrons. The summed E-state index contributed by atoms with van der Waals surface area (Å²) in [5.74, 6) is -2.57. The van der Waals surface area contributed by atoms with Crippen LogP contribution in [0, 0.1) is 5.41 Å². The van der Waals surface area contributed by atoms with Crippen molar-refractivity contribution in [2.45, 2.75) is 52.4 Å². The van der Waals surface area contributed by atoms with Crippen LogP contribution in [0.2, 0.25) is 0 Å². The van der Waals surface area contributed by atoms with Gasteiger partial charge in [0.15, 0.2) is 5.60 Å². The maximum Gasteiger partial charge on any atom is 0.510 e. The molecule has 0 heterocycles. The molecule has 0 saturated carbocycles. The van der Waals surface area contributed by atoms with E-state index >= 15 is 0 Å². The molecule has 0 bridgehead atoms. The second-order valence-corrected chi connectivity index (χ2v) is 9.59. The van der Waals surface area contributed by atoms with E-state index in [-0.39, 0.29) is 25.5 Å². The number of benzene rings is 1. The third-order valence-corrected chi connectivity index (χ3v) is 6.21. The number of aliphatic hydroxyl groups is 1. The average Bonchev–Trinajstić information content (AvgIpc) is 2.71. The highest BCUT2D eigenvalue weighted by Crippen LogP contribution is 2.40. The fourth-order valence-electron chi connectivity index (χ4n) is 2.89. The Kier molecular flexibility index (Phi) is 10.3. The molecule has 0 aliphatic heterocycles. The molecule has 0 fully saturated rings. The highest BCUT2D eigenvalue weighted by molar-refractivity contribution is 7.86. The van der Waals surface area contributed by atoms with E-state index in [1.807, 2.05) is 0 Å². The van der Waals surface area contributed by atoms with Gasteiger partial charge in [-0.05, 0) is 18.9 Å². The van der Waals surface area contributed by atoms with Gasteiger partial charge in [0.25, 0.3) is 10.1 Å². The van der Waals surface area contributed by atoms with Gasteiger partial charge in [0, 0.05) is 19.9 Å². The first-order valence-electron chi connectivity index (χ1n) is 10.2. The van der Waals surface area contributed by atoms with Crippen molar-refractivity contribution in [1.82, 2.24) is 5.32 Å². The molecule has 0 spiro atoms. The molecule has 3 N–H and O–H groups in total. The highest BCUT2D eigenvalue weighted by Gasteiger charge is 2.57. The average molecular weight is 490 g/mol. The number of carboxylic acids is 1. The normalized spacial score (nSPS) is 14.6. The van der Waals surface area contributed by atoms with Crippen molar-refractivity contribution in [3.05, 3.63) is 35.9 Å². The molecule has 1 rings (SSSR count). The van der Waals surface area contributed by atoms with Crippen LogP contribution < -0.4 is 5.32 Å². The zero-order valence-electron chi connectivity index (χ0n) is 19.1. The third-order valence-electron chi connectivity index (χ3n) is 4.96. The van der Waals surface area contributed by atoms with Gasteiger partial charge in [-0.15, -0.1) is 0 Å². The molecule has 11 nitrogen and oxygen atoms in total. The molecule has 1 aromatic rings. The maximum absolute atomic E-state index is 12.5. The summed E-state index contributed by atoms with van der Waals surface area (Å²) in [5, 5.41) is 23.5. The topological polar surface area (TPSA) is 166 Å². The van der Waals surface area contributed by atoms with E-state index in [2.05, 4.69) is 10.1 Å². The van der Waals surface area contributed by atoms with Crippen LogP contribution in [0.5, 0.6) is 0 Å². The summed E-state index contributed by atoms with van der Waals surface area (Å²) in [4.78, 5) is 35.1. The van der Waals surface area contributed by atoms with E-state index in [0.717, 1.165) is 0 Å². The van der Waals surface area contributed by atoms with Crippen molar-refractivity contribution >= 4 is 28.1 Å². The van der Waals surface area contributed by atoms with Gasteiger partial charge in [-0.2, -0.15) is 8.42 Å². The zero-order valence-corrected chi connectivity index (χ0v) is 19.9. The summed E-state index contributed by atoms with van der Waals surface area (Å²) in [6.07, 6.45) is -3.77. The summed E-state index contributed by atoms with van der Waals surface area (Å²) in [6.45, 7) is 5.14. The standard InChI is InChI=1S/C21H31NO10S/c1-5-30-19(26)31-18(32-33(28,29)13-9-12-22-15(2)23)20(3,4)21(27,17(24)25)14-16-10-7-6-8-11-16/h6-8,10-11,18,27H,5,9,12-14H2,1-4H3,(H,22,23)(H,24,25)/t18?,21-/m0/s1. The van der Waals surface area contributed by atoms with Gasteiger partial charge in [0.1, 0.15) is 0 Å². The Balaban J connectivity index is 3.25. The van der Waals surface area contributed by atoms with Crippen molar-refractivity contribution in [2.75, 3.05) is 18.9 Å². The first-order valence-corrected chi connectivity index (χ1v) is 11.8. The fraction of sp³-hybridized carbons (Fsp3) is 0.571. The SMILES string of the molecule is CCOC(=O)OC(OS(=O)(=O)CCCNC(C)=O)C(C)(C)[C@](O)(Cc1ccccc1)C(=O)O. The van der Waals surface area contributed by atoms with Crippen molar-refractivity contribution in [3.8, 4) is 0 Å². The molecule has 0 saturated heterocycles. The molecular weight excluding hydrogens is 458 g/mol. The highest BCUT2D eigenvalue weighted by atomic mass is 32.2. The van der Waals surface area contributed by atoms with Gasteiger partial charge < -0.3 is 25.0 Å². The Morgan fingerprint density at radius 1 is 1.15 bits per heavy atom. The van der Waals surface area contributed by atoms with Crippen molar-refractivity contribution in [3.63, 3.8) is 0 Å². The molecular formula is C21H31NO10S. The van der Waals surface area contributed by atoms with E-state index in [9.17, 15) is 33.0 Å². The van der Waals surface area contributed by atoms with Crippen molar-refractivity contribution in [1.29, 1.82) is 0 Å². The molecule has 0 aliphatic rings. The first-order chi connectivity index (χ1) is 15.2. The van der Waals surface area contributed by atoms with Gasteiger partial charge in [-0.25, -0.2) is 13.8 Å². The summed E-state index contributed by atoms with van der Waals surface area (Å²) < 4.78 is 39.8. The van der Waals surface area contributed by atoms with Gasteiger partial charge in [-0.1, -0.05) is 44.2 Å². The van der Waals surface area contributed by atoms with Crippen LogP contribution in [-0.4, -0.2) is 67.5 Å². The molecule has 2 atom stereocenters. The number of carboxylic acid groups (broad SMARTS) is 1. The number of rotatable bonds is 13. The van der Waals surface area contributed by atoms with Gasteiger partial charge >= 0.3 is 12.1 Å². The Morgan fingerprint density at radius 3 is 2.27 bits per heavy atom. The molecule has 0 aliphatic carbocycles. The molecule has 0 aromatic heterocycles. The van der Waals surface area contributed by atoms with Crippen LogP contribution in [0.4, 0.5) is 4.79 Å². The Hall–Kier alpha value is -2.70. The minimum atomic E-state index is -4.37. The maximum atomic E-state index is 12.5. The van der Waals surface area contributed by atoms with Crippen LogP contribution in [0.1, 0.15) is 39.7 Å². The van der Waals surface area contributed by atoms with Crippen LogP contribution >= 0.6 is 0 Å². The van der Waals surface area contributed by atoms with E-state index in [1.54, 1.807) is 30.3 Å². The zero-order chi connectivity index (χ0) is 25.3. The van der Waals surface area contributed by atoms with Crippen LogP contribution in [0.3, 0.4) is 0 Å². The predicted molar refractivity (Wildman–Crippen MR) is 117 cm³/mol. The molecule has 0 radical (unpaired) electrons. The second-order valence-electron chi connectivity index (χ2n) is 7.88. The fourth-order valence-corrected chi connectivity index (χ4v) is 4.03. The number of amides is 1. The number of hydrogen-bond acceptors (Lipinski definition) is 9. The number of carbonyl (C=O) groups excluding carboxylic acids is 2. The van der Waals surface area contributed by atoms with E-state index in [4.69, 9.17) is 8.92 Å². The molecule has 1 amide bonds. The van der Waals surface area contributed by atoms with Gasteiger partial charge in [0.2, 0.25) is 12.2 Å². The van der Waals surface area contributed by atoms with Crippen LogP contribution in [0.25, 0.3) is 0 Å². The predicted octanol–water partition coefficient (Wildman–Crippen LogP) is 1.44. The summed E-state index contributed by atoms with van der Waals surface area (Å²) >= 11 is 0. The first kappa shape index (κ1) is 28.3. The monoisotopic (exact) mass is 489 g/mol. The third kappa shape index (κ3) is 8.30. The lowest BCUT2D eigenvalue weighted by Gasteiger charge is -2.42. The van der Waals surface area contributed by atoms with Crippen LogP contribution in [-0.2, 0) is 39.8 Å². The Labute approximate surface area is 193 Å². The van der Waals surface area contributed by atoms with E-state index in [1.165, 1.54) is 27.7 Å². The Morgan fingerprint density at radius 2 is 1.76 bits per heavy atom. The number of carbonyl (C=O) groups is 3. The summed E-state index contributed by atoms with van der Waals surface area (Å²) in [5.41, 5.74) is -4.12. The van der Waals surface area contributed by atoms with Crippen molar-refractivity contribution in [2.24, 2.45) is 5.41 Å².